The Morgan fingerprint density at radius 1 is 1.23 bits per heavy atom. The Hall–Kier alpha value is -0.0800. The number of hydrogen-bond donors (Lipinski definition) is 0. The third-order valence-electron chi connectivity index (χ3n) is 3.51. The fourth-order valence-electron chi connectivity index (χ4n) is 2.28. The van der Waals surface area contributed by atoms with Gasteiger partial charge in [-0.2, -0.15) is 0 Å². The van der Waals surface area contributed by atoms with Gasteiger partial charge in [0.15, 0.2) is 0 Å². The van der Waals surface area contributed by atoms with Crippen molar-refractivity contribution in [1.29, 1.82) is 0 Å². The Bertz CT molecular complexity index is 347. The van der Waals surface area contributed by atoms with Gasteiger partial charge in [-0.3, -0.25) is 0 Å². The third-order valence-corrected chi connectivity index (χ3v) is 4.90. The summed E-state index contributed by atoms with van der Waals surface area (Å²) < 4.78 is 18.0. The van der Waals surface area contributed by atoms with Gasteiger partial charge in [-0.05, 0) is 47.5 Å². The van der Waals surface area contributed by atoms with Crippen molar-refractivity contribution in [3.63, 3.8) is 0 Å². The molecule has 0 aromatic rings. The summed E-state index contributed by atoms with van der Waals surface area (Å²) in [4.78, 5) is 13.9. The smallest absolute Gasteiger partial charge is 0.410 e. The summed E-state index contributed by atoms with van der Waals surface area (Å²) in [5, 5.41) is 0. The summed E-state index contributed by atoms with van der Waals surface area (Å²) in [6, 6.07) is 0. The van der Waals surface area contributed by atoms with Crippen molar-refractivity contribution in [3.05, 3.63) is 0 Å². The van der Waals surface area contributed by atoms with Crippen molar-refractivity contribution in [3.8, 4) is 0 Å². The van der Waals surface area contributed by atoms with E-state index in [4.69, 9.17) is 14.2 Å². The number of ether oxygens (including phenoxy) is 3. The van der Waals surface area contributed by atoms with E-state index in [9.17, 15) is 4.79 Å². The molecule has 6 heteroatoms. The number of carbonyl (C=O) groups is 1. The molecule has 1 amide bonds. The maximum Gasteiger partial charge on any atom is 0.410 e. The van der Waals surface area contributed by atoms with Gasteiger partial charge in [0, 0.05) is 17.5 Å². The molecule has 0 spiro atoms. The number of carbonyl (C=O) groups excluding carboxylic acids is 1. The van der Waals surface area contributed by atoms with E-state index < -0.39 is 5.60 Å². The molecule has 0 unspecified atom stereocenters. The number of rotatable bonds is 6. The van der Waals surface area contributed by atoms with Crippen molar-refractivity contribution in [2.45, 2.75) is 64.8 Å². The molecule has 130 valence electrons. The lowest BCUT2D eigenvalue weighted by atomic mass is 9.93. The predicted molar refractivity (Wildman–Crippen MR) is 95.7 cm³/mol. The lowest BCUT2D eigenvalue weighted by molar-refractivity contribution is -0.0883. The van der Waals surface area contributed by atoms with Crippen LogP contribution < -0.4 is 0 Å². The molecular formula is C16H30INO4. The number of halogens is 1. The summed E-state index contributed by atoms with van der Waals surface area (Å²) in [7, 11) is 0. The van der Waals surface area contributed by atoms with E-state index in [1.807, 2.05) is 34.6 Å². The summed E-state index contributed by atoms with van der Waals surface area (Å²) in [5.74, 6) is 0. The van der Waals surface area contributed by atoms with Crippen molar-refractivity contribution < 1.29 is 19.0 Å². The summed E-state index contributed by atoms with van der Waals surface area (Å²) in [6.07, 6.45) is 1.69. The summed E-state index contributed by atoms with van der Waals surface area (Å²) in [5.41, 5.74) is -0.584. The first-order chi connectivity index (χ1) is 10.2. The zero-order valence-electron chi connectivity index (χ0n) is 14.5. The lowest BCUT2D eigenvalue weighted by Gasteiger charge is -2.41. The van der Waals surface area contributed by atoms with Crippen LogP contribution in [0.25, 0.3) is 0 Å². The second kappa shape index (κ2) is 8.68. The fourth-order valence-corrected chi connectivity index (χ4v) is 3.26. The minimum absolute atomic E-state index is 0.139. The number of likely N-dealkylation sites (tertiary alicyclic amines) is 1. The quantitative estimate of drug-likeness (QED) is 0.369. The maximum absolute atomic E-state index is 12.1. The van der Waals surface area contributed by atoms with Crippen LogP contribution in [0.15, 0.2) is 0 Å². The molecule has 5 nitrogen and oxygen atoms in total. The van der Waals surface area contributed by atoms with Crippen LogP contribution in [0, 0.1) is 0 Å². The molecule has 0 bridgehead atoms. The minimum atomic E-state index is -0.445. The van der Waals surface area contributed by atoms with Gasteiger partial charge in [0.1, 0.15) is 5.60 Å². The van der Waals surface area contributed by atoms with Crippen LogP contribution in [-0.2, 0) is 14.2 Å². The van der Waals surface area contributed by atoms with E-state index in [0.29, 0.717) is 26.3 Å². The largest absolute Gasteiger partial charge is 0.444 e. The summed E-state index contributed by atoms with van der Waals surface area (Å²) >= 11 is 2.37. The Morgan fingerprint density at radius 3 is 2.27 bits per heavy atom. The highest BCUT2D eigenvalue weighted by Gasteiger charge is 2.37. The molecule has 1 aliphatic heterocycles. The van der Waals surface area contributed by atoms with Gasteiger partial charge in [0.05, 0.1) is 24.9 Å². The highest BCUT2D eigenvalue weighted by Crippen LogP contribution is 2.29. The average molecular weight is 427 g/mol. The van der Waals surface area contributed by atoms with Gasteiger partial charge in [-0.15, -0.1) is 0 Å². The first-order valence-electron chi connectivity index (χ1n) is 7.97. The summed E-state index contributed by atoms with van der Waals surface area (Å²) in [6.45, 7) is 12.3. The zero-order chi connectivity index (χ0) is 16.8. The molecule has 1 heterocycles. The molecule has 0 radical (unpaired) electrons. The standard InChI is InChI=1S/C16H30INO4/c1-13(2)20-10-11-21-16(12-17)6-8-18(9-7-16)14(19)22-15(3,4)5/h13H,6-12H2,1-5H3. The predicted octanol–water partition coefficient (Wildman–Crippen LogP) is 3.63. The zero-order valence-corrected chi connectivity index (χ0v) is 16.6. The molecule has 0 saturated carbocycles. The second-order valence-corrected chi connectivity index (χ2v) is 7.81. The van der Waals surface area contributed by atoms with E-state index in [1.54, 1.807) is 4.90 Å². The molecule has 1 fully saturated rings. The Morgan fingerprint density at radius 2 is 1.82 bits per heavy atom. The maximum atomic E-state index is 12.1. The highest BCUT2D eigenvalue weighted by molar-refractivity contribution is 14.1. The monoisotopic (exact) mass is 427 g/mol. The normalized spacial score (nSPS) is 18.6. The number of alkyl halides is 1. The van der Waals surface area contributed by atoms with Crippen LogP contribution in [0.3, 0.4) is 0 Å². The van der Waals surface area contributed by atoms with Crippen LogP contribution in [0.1, 0.15) is 47.5 Å². The molecule has 0 aliphatic carbocycles. The molecule has 0 N–H and O–H groups in total. The molecule has 0 atom stereocenters. The van der Waals surface area contributed by atoms with Gasteiger partial charge >= 0.3 is 6.09 Å². The fraction of sp³-hybridized carbons (Fsp3) is 0.938. The van der Waals surface area contributed by atoms with E-state index in [2.05, 4.69) is 22.6 Å². The van der Waals surface area contributed by atoms with Gasteiger partial charge in [0.2, 0.25) is 0 Å². The molecule has 1 aliphatic rings. The van der Waals surface area contributed by atoms with Crippen molar-refractivity contribution in [2.24, 2.45) is 0 Å². The molecule has 1 saturated heterocycles. The van der Waals surface area contributed by atoms with Gasteiger partial charge < -0.3 is 19.1 Å². The van der Waals surface area contributed by atoms with Gasteiger partial charge in [-0.25, -0.2) is 4.79 Å². The highest BCUT2D eigenvalue weighted by atomic mass is 127. The van der Waals surface area contributed by atoms with E-state index >= 15 is 0 Å². The van der Waals surface area contributed by atoms with E-state index in [1.165, 1.54) is 0 Å². The third kappa shape index (κ3) is 7.00. The van der Waals surface area contributed by atoms with Crippen LogP contribution in [0.5, 0.6) is 0 Å². The van der Waals surface area contributed by atoms with E-state index in [0.717, 1.165) is 17.3 Å². The number of amides is 1. The van der Waals surface area contributed by atoms with E-state index in [-0.39, 0.29) is 17.8 Å². The minimum Gasteiger partial charge on any atom is -0.444 e. The number of hydrogen-bond acceptors (Lipinski definition) is 4. The first-order valence-corrected chi connectivity index (χ1v) is 9.49. The first kappa shape index (κ1) is 20.0. The molecule has 22 heavy (non-hydrogen) atoms. The van der Waals surface area contributed by atoms with Gasteiger partial charge in [0.25, 0.3) is 0 Å². The van der Waals surface area contributed by atoms with Crippen molar-refractivity contribution >= 4 is 28.7 Å². The molecule has 0 aromatic heterocycles. The van der Waals surface area contributed by atoms with Crippen LogP contribution >= 0.6 is 22.6 Å². The van der Waals surface area contributed by atoms with Crippen molar-refractivity contribution in [2.75, 3.05) is 30.7 Å². The molecule has 1 rings (SSSR count). The number of nitrogens with zero attached hydrogens (tertiary/aromatic N) is 1. The van der Waals surface area contributed by atoms with Crippen LogP contribution in [-0.4, -0.2) is 59.0 Å². The lowest BCUT2D eigenvalue weighted by Crippen LogP contribution is -2.50. The topological polar surface area (TPSA) is 48.0 Å². The average Bonchev–Trinajstić information content (AvgIpc) is 2.42. The van der Waals surface area contributed by atoms with Crippen molar-refractivity contribution in [1.82, 2.24) is 4.90 Å². The SMILES string of the molecule is CC(C)OCCOC1(CI)CCN(C(=O)OC(C)(C)C)CC1. The Labute approximate surface area is 148 Å². The molecular weight excluding hydrogens is 397 g/mol. The Kier molecular flexibility index (Phi) is 7.88. The number of piperidine rings is 1. The molecule has 0 aromatic carbocycles. The second-order valence-electron chi connectivity index (χ2n) is 7.05. The Balaban J connectivity index is 2.41. The van der Waals surface area contributed by atoms with Gasteiger partial charge in [-0.1, -0.05) is 22.6 Å². The van der Waals surface area contributed by atoms with Crippen LogP contribution in [0.2, 0.25) is 0 Å². The van der Waals surface area contributed by atoms with Crippen LogP contribution in [0.4, 0.5) is 4.79 Å².